The molecule has 5 nitrogen and oxygen atoms in total. The molecule has 1 N–H and O–H groups in total. The Morgan fingerprint density at radius 1 is 1.61 bits per heavy atom. The van der Waals surface area contributed by atoms with Gasteiger partial charge in [0.15, 0.2) is 11.5 Å². The Kier molecular flexibility index (Phi) is 3.65. The van der Waals surface area contributed by atoms with Crippen molar-refractivity contribution >= 4 is 21.9 Å². The molecule has 2 rings (SSSR count). The first-order valence-corrected chi connectivity index (χ1v) is 6.21. The maximum atomic E-state index is 11.0. The zero-order chi connectivity index (χ0) is 13.3. The molecule has 98 valence electrons. The fourth-order valence-corrected chi connectivity index (χ4v) is 2.47. The van der Waals surface area contributed by atoms with E-state index in [0.717, 1.165) is 4.47 Å². The lowest BCUT2D eigenvalue weighted by atomic mass is 9.99. The molecule has 1 unspecified atom stereocenters. The SMILES string of the molecule is COc1c(Br)cc2c(c1CC(C)C(=O)O)OCO2. The molecule has 1 atom stereocenters. The highest BCUT2D eigenvalue weighted by Crippen LogP contribution is 2.46. The predicted octanol–water partition coefficient (Wildman–Crippen LogP) is 2.45. The zero-order valence-electron chi connectivity index (χ0n) is 10.0. The highest BCUT2D eigenvalue weighted by Gasteiger charge is 2.26. The molecular formula is C12H13BrO5. The number of benzene rings is 1. The number of aliphatic carboxylic acids is 1. The van der Waals surface area contributed by atoms with Gasteiger partial charge in [-0.3, -0.25) is 4.79 Å². The molecule has 18 heavy (non-hydrogen) atoms. The van der Waals surface area contributed by atoms with Crippen LogP contribution in [0.3, 0.4) is 0 Å². The number of carboxylic acid groups (broad SMARTS) is 1. The summed E-state index contributed by atoms with van der Waals surface area (Å²) in [4.78, 5) is 11.0. The van der Waals surface area contributed by atoms with Gasteiger partial charge in [0.05, 0.1) is 17.5 Å². The van der Waals surface area contributed by atoms with Crippen LogP contribution in [-0.4, -0.2) is 25.0 Å². The number of fused-ring (bicyclic) bond motifs is 1. The van der Waals surface area contributed by atoms with Crippen LogP contribution in [0.4, 0.5) is 0 Å². The average molecular weight is 317 g/mol. The quantitative estimate of drug-likeness (QED) is 0.924. The molecule has 0 bridgehead atoms. The summed E-state index contributed by atoms with van der Waals surface area (Å²) in [6.45, 7) is 1.79. The highest BCUT2D eigenvalue weighted by molar-refractivity contribution is 9.10. The molecule has 0 fully saturated rings. The van der Waals surface area contributed by atoms with Crippen LogP contribution >= 0.6 is 15.9 Å². The van der Waals surface area contributed by atoms with Gasteiger partial charge in [0, 0.05) is 11.6 Å². The molecule has 0 aliphatic carbocycles. The van der Waals surface area contributed by atoms with Crippen molar-refractivity contribution in [2.75, 3.05) is 13.9 Å². The number of rotatable bonds is 4. The molecule has 0 amide bonds. The maximum absolute atomic E-state index is 11.0. The summed E-state index contributed by atoms with van der Waals surface area (Å²) < 4.78 is 16.7. The van der Waals surface area contributed by atoms with Gasteiger partial charge in [0.1, 0.15) is 5.75 Å². The molecule has 0 radical (unpaired) electrons. The Bertz CT molecular complexity index is 482. The Hall–Kier alpha value is -1.43. The van der Waals surface area contributed by atoms with Crippen molar-refractivity contribution in [3.8, 4) is 17.2 Å². The first-order chi connectivity index (χ1) is 8.54. The summed E-state index contributed by atoms with van der Waals surface area (Å²) in [7, 11) is 1.54. The fourth-order valence-electron chi connectivity index (χ4n) is 1.86. The molecule has 0 aromatic heterocycles. The Morgan fingerprint density at radius 3 is 2.94 bits per heavy atom. The Balaban J connectivity index is 2.46. The van der Waals surface area contributed by atoms with Crippen molar-refractivity contribution in [1.29, 1.82) is 0 Å². The van der Waals surface area contributed by atoms with E-state index in [1.54, 1.807) is 13.0 Å². The molecule has 0 saturated heterocycles. The Labute approximate surface area is 113 Å². The van der Waals surface area contributed by atoms with E-state index >= 15 is 0 Å². The summed E-state index contributed by atoms with van der Waals surface area (Å²) in [6, 6.07) is 1.76. The van der Waals surface area contributed by atoms with Crippen molar-refractivity contribution < 1.29 is 24.1 Å². The second-order valence-corrected chi connectivity index (χ2v) is 4.90. The number of hydrogen-bond acceptors (Lipinski definition) is 4. The summed E-state index contributed by atoms with van der Waals surface area (Å²) in [5.74, 6) is 0.386. The van der Waals surface area contributed by atoms with E-state index in [4.69, 9.17) is 19.3 Å². The molecule has 1 heterocycles. The second kappa shape index (κ2) is 5.06. The minimum atomic E-state index is -0.857. The van der Waals surface area contributed by atoms with Crippen molar-refractivity contribution in [3.63, 3.8) is 0 Å². The summed E-state index contributed by atoms with van der Waals surface area (Å²) in [6.07, 6.45) is 0.323. The van der Waals surface area contributed by atoms with Gasteiger partial charge in [-0.25, -0.2) is 0 Å². The lowest BCUT2D eigenvalue weighted by Gasteiger charge is -2.15. The number of ether oxygens (including phenoxy) is 3. The number of carbonyl (C=O) groups is 1. The number of halogens is 1. The van der Waals surface area contributed by atoms with E-state index < -0.39 is 11.9 Å². The van der Waals surface area contributed by atoms with Gasteiger partial charge in [-0.15, -0.1) is 0 Å². The molecule has 0 spiro atoms. The van der Waals surface area contributed by atoms with Crippen LogP contribution in [0.15, 0.2) is 10.5 Å². The van der Waals surface area contributed by atoms with Crippen molar-refractivity contribution in [2.45, 2.75) is 13.3 Å². The van der Waals surface area contributed by atoms with E-state index in [1.807, 2.05) is 0 Å². The molecule has 1 aliphatic rings. The van der Waals surface area contributed by atoms with Gasteiger partial charge >= 0.3 is 5.97 Å². The van der Waals surface area contributed by atoms with E-state index in [1.165, 1.54) is 7.11 Å². The third kappa shape index (κ3) is 2.25. The third-order valence-corrected chi connectivity index (χ3v) is 3.39. The van der Waals surface area contributed by atoms with Crippen molar-refractivity contribution in [2.24, 2.45) is 5.92 Å². The lowest BCUT2D eigenvalue weighted by Crippen LogP contribution is -2.13. The van der Waals surface area contributed by atoms with Crippen LogP contribution in [0.1, 0.15) is 12.5 Å². The first-order valence-electron chi connectivity index (χ1n) is 5.42. The highest BCUT2D eigenvalue weighted by atomic mass is 79.9. The van der Waals surface area contributed by atoms with Crippen LogP contribution in [0.2, 0.25) is 0 Å². The average Bonchev–Trinajstić information content (AvgIpc) is 2.76. The minimum Gasteiger partial charge on any atom is -0.495 e. The van der Waals surface area contributed by atoms with Gasteiger partial charge in [0.2, 0.25) is 6.79 Å². The summed E-state index contributed by atoms with van der Waals surface area (Å²) in [5, 5.41) is 9.00. The van der Waals surface area contributed by atoms with Crippen LogP contribution < -0.4 is 14.2 Å². The van der Waals surface area contributed by atoms with Crippen LogP contribution in [0, 0.1) is 5.92 Å². The fraction of sp³-hybridized carbons (Fsp3) is 0.417. The smallest absolute Gasteiger partial charge is 0.306 e. The summed E-state index contributed by atoms with van der Waals surface area (Å²) >= 11 is 3.38. The topological polar surface area (TPSA) is 65.0 Å². The van der Waals surface area contributed by atoms with E-state index in [9.17, 15) is 4.79 Å². The van der Waals surface area contributed by atoms with Crippen molar-refractivity contribution in [3.05, 3.63) is 16.1 Å². The van der Waals surface area contributed by atoms with Crippen LogP contribution in [-0.2, 0) is 11.2 Å². The molecule has 1 aromatic rings. The van der Waals surface area contributed by atoms with Gasteiger partial charge in [-0.05, 0) is 22.4 Å². The Morgan fingerprint density at radius 2 is 2.33 bits per heavy atom. The van der Waals surface area contributed by atoms with Gasteiger partial charge in [0.25, 0.3) is 0 Å². The van der Waals surface area contributed by atoms with Crippen molar-refractivity contribution in [1.82, 2.24) is 0 Å². The maximum Gasteiger partial charge on any atom is 0.306 e. The lowest BCUT2D eigenvalue weighted by molar-refractivity contribution is -0.141. The van der Waals surface area contributed by atoms with Gasteiger partial charge in [-0.1, -0.05) is 6.92 Å². The second-order valence-electron chi connectivity index (χ2n) is 4.05. The van der Waals surface area contributed by atoms with Crippen LogP contribution in [0.5, 0.6) is 17.2 Å². The molecule has 1 aliphatic heterocycles. The van der Waals surface area contributed by atoms with Crippen LogP contribution in [0.25, 0.3) is 0 Å². The normalized spacial score (nSPS) is 14.4. The monoisotopic (exact) mass is 316 g/mol. The number of carboxylic acids is 1. The molecule has 0 saturated carbocycles. The first kappa shape index (κ1) is 13.0. The van der Waals surface area contributed by atoms with Gasteiger partial charge < -0.3 is 19.3 Å². The molecular weight excluding hydrogens is 304 g/mol. The zero-order valence-corrected chi connectivity index (χ0v) is 11.6. The number of methoxy groups -OCH3 is 1. The standard InChI is InChI=1S/C12H13BrO5/c1-6(12(14)15)3-7-10(16-2)8(13)4-9-11(7)18-5-17-9/h4,6H,3,5H2,1-2H3,(H,14,15). The third-order valence-electron chi connectivity index (χ3n) is 2.80. The van der Waals surface area contributed by atoms with E-state index in [0.29, 0.717) is 29.2 Å². The van der Waals surface area contributed by atoms with E-state index in [2.05, 4.69) is 15.9 Å². The minimum absolute atomic E-state index is 0.142. The molecule has 6 heteroatoms. The number of hydrogen-bond donors (Lipinski definition) is 1. The summed E-state index contributed by atoms with van der Waals surface area (Å²) in [5.41, 5.74) is 0.717. The van der Waals surface area contributed by atoms with Gasteiger partial charge in [-0.2, -0.15) is 0 Å². The predicted molar refractivity (Wildman–Crippen MR) is 67.3 cm³/mol. The largest absolute Gasteiger partial charge is 0.495 e. The molecule has 1 aromatic carbocycles. The van der Waals surface area contributed by atoms with E-state index in [-0.39, 0.29) is 6.79 Å².